The lowest BCUT2D eigenvalue weighted by atomic mass is 9.50. The van der Waals surface area contributed by atoms with Crippen LogP contribution in [-0.4, -0.2) is 205 Å². The summed E-state index contributed by atoms with van der Waals surface area (Å²) in [5.41, 5.74) is 20.0. The van der Waals surface area contributed by atoms with E-state index in [4.69, 9.17) is 44.9 Å². The fourth-order valence-electron chi connectivity index (χ4n) is 6.64. The van der Waals surface area contributed by atoms with Crippen LogP contribution in [0.15, 0.2) is 0 Å². The zero-order chi connectivity index (χ0) is 41.4. The Balaban J connectivity index is 0.911. The number of nitrogens with one attached hydrogen (secondary N) is 9. The lowest BCUT2D eigenvalue weighted by Crippen LogP contribution is -3.14. The molecule has 0 aromatic heterocycles. The zero-order valence-corrected chi connectivity index (χ0v) is 32.9. The molecule has 12 N–H and O–H groups in total. The summed E-state index contributed by atoms with van der Waals surface area (Å²) in [5, 5.41) is 37.9. The Bertz CT molecular complexity index is 1650. The summed E-state index contributed by atoms with van der Waals surface area (Å²) in [6.45, 7) is -0.972. The van der Waals surface area contributed by atoms with Gasteiger partial charge in [0.25, 0.3) is 0 Å². The Morgan fingerprint density at radius 3 is 2.20 bits per heavy atom. The summed E-state index contributed by atoms with van der Waals surface area (Å²) in [5.74, 6) is 0. The van der Waals surface area contributed by atoms with Gasteiger partial charge in [0.2, 0.25) is 0 Å². The number of rotatable bonds is 1. The van der Waals surface area contributed by atoms with Gasteiger partial charge in [-0.15, -0.1) is 38.0 Å². The van der Waals surface area contributed by atoms with Crippen molar-refractivity contribution in [2.24, 2.45) is 0 Å². The first-order valence-corrected chi connectivity index (χ1v) is 20.7. The fraction of sp³-hybridized carbons (Fsp3) is 0.944. The number of urea groups is 1. The Hall–Kier alpha value is -1.42. The maximum atomic E-state index is 12.8. The summed E-state index contributed by atoms with van der Waals surface area (Å²) >= 11 is 0. The highest BCUT2D eigenvalue weighted by Crippen LogP contribution is 2.50. The van der Waals surface area contributed by atoms with Crippen molar-refractivity contribution in [3.05, 3.63) is 0 Å². The molecule has 9 rings (SSSR count). The van der Waals surface area contributed by atoms with E-state index in [2.05, 4.69) is 49.4 Å². The number of aliphatic hydroxyl groups is 1. The molecule has 37 nitrogen and oxygen atoms in total. The standard InChI is InChI=1S/C18H42B2N23O14P2/c1-11-6-12-13(55-11)7-51-29-37-32(33-25-23-24-26-35-36(28-27-34(33)37)41-40(35)42-38-30(2)31(3)39(38)43(41)42)10-50-16-14(56-17(20-19)15(16)44)8-53-58(46,47)52-5-4-21-18(45)22-9-54-59(48,49)57-12/h11-17,23-29,44H,4-10H2,1-3H3,(H,46,47)(H,48,49)(H2,21,22,45)/t11-,12?,13?,14+,15+,16+,17+/m0/s1. The molecule has 0 aliphatic carbocycles. The average Bonchev–Trinajstić information content (AvgIpc) is 3.68. The van der Waals surface area contributed by atoms with E-state index in [1.807, 2.05) is 29.6 Å². The minimum absolute atomic E-state index is 0.198. The molecule has 9 aliphatic heterocycles. The predicted molar refractivity (Wildman–Crippen MR) is 179 cm³/mol. The SMILES string of the molecule is [B][B][C@@H]1O[C@@H]2COP(=O)(O)OCCNC(=O)NCOP(=O)(O)OC3C[C@H](C)OC3CONN3N(CO[C@H]2[C@H]1O)N1NNNNN2N(NNN13)N1N2N2N3N(C)N(C)N3N12. The van der Waals surface area contributed by atoms with Crippen molar-refractivity contribution in [1.82, 2.24) is 122 Å². The average molecular weight is 888 g/mol. The molecule has 0 aromatic rings. The van der Waals surface area contributed by atoms with Gasteiger partial charge in [0.15, 0.2) is 0 Å². The van der Waals surface area contributed by atoms with Crippen LogP contribution in [-0.2, 0) is 46.3 Å². The molecule has 9 heterocycles. The molecule has 41 heteroatoms. The van der Waals surface area contributed by atoms with Crippen LogP contribution in [0.5, 0.6) is 0 Å². The third kappa shape index (κ3) is 7.95. The van der Waals surface area contributed by atoms with Crippen molar-refractivity contribution in [3.63, 3.8) is 0 Å². The number of hydrazine groups is 26. The smallest absolute Gasteiger partial charge is 0.388 e. The van der Waals surface area contributed by atoms with E-state index in [1.54, 1.807) is 33.1 Å². The van der Waals surface area contributed by atoms with E-state index in [0.29, 0.717) is 0 Å². The van der Waals surface area contributed by atoms with Crippen molar-refractivity contribution in [3.8, 4) is 0 Å². The van der Waals surface area contributed by atoms with E-state index >= 15 is 0 Å². The minimum Gasteiger partial charge on any atom is -0.388 e. The van der Waals surface area contributed by atoms with Gasteiger partial charge in [-0.05, 0) is 64.4 Å². The molecule has 2 amide bonds. The molecule has 329 valence electrons. The summed E-state index contributed by atoms with van der Waals surface area (Å²) in [7, 11) is 1.05. The van der Waals surface area contributed by atoms with Crippen LogP contribution in [0.25, 0.3) is 0 Å². The van der Waals surface area contributed by atoms with Gasteiger partial charge in [0, 0.05) is 40.8 Å². The van der Waals surface area contributed by atoms with E-state index in [-0.39, 0.29) is 19.6 Å². The Morgan fingerprint density at radius 2 is 1.47 bits per heavy atom. The monoisotopic (exact) mass is 888 g/mol. The highest BCUT2D eigenvalue weighted by molar-refractivity contribution is 7.47. The quantitative estimate of drug-likeness (QED) is 0.0859. The van der Waals surface area contributed by atoms with Gasteiger partial charge in [0.1, 0.15) is 44.0 Å². The third-order valence-electron chi connectivity index (χ3n) is 9.49. The highest BCUT2D eigenvalue weighted by atomic mass is 31.2. The first kappa shape index (κ1) is 42.9. The second-order valence-corrected chi connectivity index (χ2v) is 16.1. The predicted octanol–water partition coefficient (Wildman–Crippen LogP) is -9.30. The Morgan fingerprint density at radius 1 is 0.780 bits per heavy atom. The van der Waals surface area contributed by atoms with Crippen molar-refractivity contribution in [1.29, 1.82) is 0 Å². The summed E-state index contributed by atoms with van der Waals surface area (Å²) in [6, 6.07) is -1.90. The molecule has 9 fully saturated rings. The molecule has 9 aliphatic rings. The molecule has 3 radical (unpaired) electrons. The molecule has 0 spiro atoms. The fourth-order valence-corrected chi connectivity index (χ4v) is 8.22. The van der Waals surface area contributed by atoms with Crippen LogP contribution < -0.4 is 49.4 Å². The molecular weight excluding hydrogens is 846 g/mol. The van der Waals surface area contributed by atoms with Gasteiger partial charge in [-0.1, -0.05) is 5.12 Å². The maximum absolute atomic E-state index is 12.8. The first-order valence-electron chi connectivity index (χ1n) is 17.7. The van der Waals surface area contributed by atoms with Crippen molar-refractivity contribution in [2.75, 3.05) is 53.9 Å². The normalized spacial score (nSPS) is 42.8. The summed E-state index contributed by atoms with van der Waals surface area (Å²) in [4.78, 5) is 38.7. The summed E-state index contributed by atoms with van der Waals surface area (Å²) in [6.07, 6.45) is -5.75. The van der Waals surface area contributed by atoms with E-state index in [9.17, 15) is 28.8 Å². The third-order valence-corrected chi connectivity index (χ3v) is 11.5. The van der Waals surface area contributed by atoms with E-state index < -0.39 is 91.0 Å². The first-order chi connectivity index (χ1) is 28.3. The van der Waals surface area contributed by atoms with Crippen LogP contribution in [0.2, 0.25) is 0 Å². The Labute approximate surface area is 334 Å². The molecule has 0 bridgehead atoms. The topological polar surface area (TPSA) is 339 Å². The minimum atomic E-state index is -4.74. The second kappa shape index (κ2) is 16.9. The number of aliphatic hydroxyl groups excluding tert-OH is 1. The van der Waals surface area contributed by atoms with Gasteiger partial charge >= 0.3 is 21.7 Å². The van der Waals surface area contributed by atoms with E-state index in [0.717, 1.165) is 7.17 Å². The Kier molecular flexibility index (Phi) is 12.3. The van der Waals surface area contributed by atoms with Gasteiger partial charge < -0.3 is 39.7 Å². The number of amides is 2. The number of ether oxygens (including phenoxy) is 3. The molecular formula is C18H42B2N23O14P2. The van der Waals surface area contributed by atoms with Crippen LogP contribution in [0.3, 0.4) is 0 Å². The second-order valence-electron chi connectivity index (χ2n) is 13.2. The molecule has 9 saturated heterocycles. The number of hydrogen-bond acceptors (Lipinski definition) is 33. The molecule has 9 atom stereocenters. The lowest BCUT2D eigenvalue weighted by molar-refractivity contribution is -0.953. The largest absolute Gasteiger partial charge is 0.474 e. The molecule has 0 aromatic carbocycles. The number of hydrogen-bond donors (Lipinski definition) is 12. The number of carbonyl (C=O) groups is 1. The lowest BCUT2D eigenvalue weighted by Gasteiger charge is -2.83. The highest BCUT2D eigenvalue weighted by Gasteiger charge is 2.80. The number of nitrogens with zero attached hydrogens (tertiary/aromatic N) is 14. The molecule has 4 unspecified atom stereocenters. The van der Waals surface area contributed by atoms with Crippen LogP contribution >= 0.6 is 15.6 Å². The van der Waals surface area contributed by atoms with Crippen LogP contribution in [0.4, 0.5) is 4.79 Å². The molecule has 59 heavy (non-hydrogen) atoms. The summed E-state index contributed by atoms with van der Waals surface area (Å²) < 4.78 is 63.6. The van der Waals surface area contributed by atoms with Gasteiger partial charge in [-0.3, -0.25) is 22.9 Å². The van der Waals surface area contributed by atoms with E-state index in [1.165, 1.54) is 31.3 Å². The van der Waals surface area contributed by atoms with Crippen molar-refractivity contribution >= 4 is 36.6 Å². The molecule has 0 saturated carbocycles. The van der Waals surface area contributed by atoms with Crippen LogP contribution in [0, 0.1) is 0 Å². The van der Waals surface area contributed by atoms with Crippen LogP contribution in [0.1, 0.15) is 13.3 Å². The number of phosphoric ester groups is 2. The maximum Gasteiger partial charge on any atom is 0.474 e. The van der Waals surface area contributed by atoms with Crippen molar-refractivity contribution < 1.29 is 66.0 Å². The van der Waals surface area contributed by atoms with Gasteiger partial charge in [0.05, 0.1) is 33.1 Å². The number of fused-ring (bicyclic) bond motifs is 16. The zero-order valence-electron chi connectivity index (χ0n) is 31.1. The number of carbonyl (C=O) groups excluding carboxylic acids is 1. The van der Waals surface area contributed by atoms with Crippen molar-refractivity contribution in [2.45, 2.75) is 56.0 Å². The van der Waals surface area contributed by atoms with Gasteiger partial charge in [-0.25, -0.2) is 13.9 Å². The number of phosphoric acid groups is 2. The van der Waals surface area contributed by atoms with Gasteiger partial charge in [-0.2, -0.15) is 11.1 Å².